The van der Waals surface area contributed by atoms with Crippen molar-refractivity contribution in [3.8, 4) is 0 Å². The third kappa shape index (κ3) is 12.7. The van der Waals surface area contributed by atoms with E-state index in [-0.39, 0.29) is 0 Å². The molecule has 0 aliphatic carbocycles. The second-order valence-electron chi connectivity index (χ2n) is 3.91. The SMILES string of the molecule is C=CCSCC(CSCC(CSCC=C)SC)SC. The summed E-state index contributed by atoms with van der Waals surface area (Å²) in [6.07, 6.45) is 8.45. The zero-order chi connectivity index (χ0) is 14.3. The molecule has 2 atom stereocenters. The summed E-state index contributed by atoms with van der Waals surface area (Å²) >= 11 is 10.1. The van der Waals surface area contributed by atoms with Crippen LogP contribution in [-0.2, 0) is 0 Å². The second-order valence-corrected chi connectivity index (χ2v) is 9.41. The van der Waals surface area contributed by atoms with Crippen molar-refractivity contribution in [2.45, 2.75) is 10.5 Å². The van der Waals surface area contributed by atoms with E-state index in [1.165, 1.54) is 23.0 Å². The molecule has 0 aromatic carbocycles. The maximum Gasteiger partial charge on any atom is 0.0226 e. The van der Waals surface area contributed by atoms with E-state index in [1.54, 1.807) is 0 Å². The van der Waals surface area contributed by atoms with Crippen LogP contribution in [-0.4, -0.2) is 57.5 Å². The van der Waals surface area contributed by atoms with Crippen molar-refractivity contribution >= 4 is 58.8 Å². The Balaban J connectivity index is 3.69. The Kier molecular flexibility index (Phi) is 16.6. The molecule has 0 rings (SSSR count). The summed E-state index contributed by atoms with van der Waals surface area (Å²) in [6, 6.07) is 0. The first-order valence-corrected chi connectivity index (χ1v) is 12.3. The Labute approximate surface area is 141 Å². The molecule has 0 aliphatic heterocycles. The van der Waals surface area contributed by atoms with E-state index >= 15 is 0 Å². The number of rotatable bonds is 14. The van der Waals surface area contributed by atoms with Crippen LogP contribution in [0.25, 0.3) is 0 Å². The van der Waals surface area contributed by atoms with Gasteiger partial charge in [-0.1, -0.05) is 12.2 Å². The summed E-state index contributed by atoms with van der Waals surface area (Å²) in [5, 5.41) is 1.55. The topological polar surface area (TPSA) is 0 Å². The van der Waals surface area contributed by atoms with Crippen LogP contribution in [0.5, 0.6) is 0 Å². The summed E-state index contributed by atoms with van der Waals surface area (Å²) < 4.78 is 0. The molecule has 0 amide bonds. The fourth-order valence-electron chi connectivity index (χ4n) is 1.26. The van der Waals surface area contributed by atoms with Gasteiger partial charge in [0, 0.05) is 45.0 Å². The molecule has 0 bridgehead atoms. The molecule has 0 heterocycles. The van der Waals surface area contributed by atoms with E-state index in [0.717, 1.165) is 22.0 Å². The highest BCUT2D eigenvalue weighted by Gasteiger charge is 2.11. The Bertz CT molecular complexity index is 198. The van der Waals surface area contributed by atoms with Crippen molar-refractivity contribution < 1.29 is 0 Å². The molecule has 0 saturated carbocycles. The molecule has 0 aromatic heterocycles. The fourth-order valence-corrected chi connectivity index (χ4v) is 7.16. The van der Waals surface area contributed by atoms with Gasteiger partial charge in [-0.25, -0.2) is 0 Å². The van der Waals surface area contributed by atoms with Crippen LogP contribution in [0.2, 0.25) is 0 Å². The fraction of sp³-hybridized carbons (Fsp3) is 0.714. The standard InChI is InChI=1S/C14H26S5/c1-5-7-17-9-13(15-3)11-19-12-14(16-4)10-18-8-6-2/h5-6,13-14H,1-2,7-12H2,3-4H3. The van der Waals surface area contributed by atoms with Crippen LogP contribution < -0.4 is 0 Å². The zero-order valence-corrected chi connectivity index (χ0v) is 16.1. The predicted molar refractivity (Wildman–Crippen MR) is 107 cm³/mol. The van der Waals surface area contributed by atoms with Gasteiger partial charge in [-0.3, -0.25) is 0 Å². The summed E-state index contributed by atoms with van der Waals surface area (Å²) in [7, 11) is 0. The van der Waals surface area contributed by atoms with E-state index < -0.39 is 0 Å². The average molecular weight is 355 g/mol. The molecule has 0 fully saturated rings. The van der Waals surface area contributed by atoms with Crippen LogP contribution >= 0.6 is 58.8 Å². The van der Waals surface area contributed by atoms with Crippen molar-refractivity contribution in [3.05, 3.63) is 25.3 Å². The minimum absolute atomic E-state index is 0.776. The zero-order valence-electron chi connectivity index (χ0n) is 12.0. The Hall–Kier alpha value is 1.23. The molecule has 2 unspecified atom stereocenters. The van der Waals surface area contributed by atoms with Crippen LogP contribution in [0.15, 0.2) is 25.3 Å². The molecular weight excluding hydrogens is 328 g/mol. The number of thioether (sulfide) groups is 5. The van der Waals surface area contributed by atoms with Crippen LogP contribution in [0.1, 0.15) is 0 Å². The van der Waals surface area contributed by atoms with E-state index in [0.29, 0.717) is 0 Å². The highest BCUT2D eigenvalue weighted by molar-refractivity contribution is 8.06. The molecular formula is C14H26S5. The predicted octanol–water partition coefficient (Wildman–Crippen LogP) is 5.02. The quantitative estimate of drug-likeness (QED) is 0.316. The molecule has 0 N–H and O–H groups in total. The van der Waals surface area contributed by atoms with Gasteiger partial charge in [-0.15, -0.1) is 13.2 Å². The van der Waals surface area contributed by atoms with E-state index in [2.05, 4.69) is 37.4 Å². The Morgan fingerprint density at radius 1 is 0.737 bits per heavy atom. The van der Waals surface area contributed by atoms with Gasteiger partial charge in [0.05, 0.1) is 0 Å². The first kappa shape index (κ1) is 20.2. The highest BCUT2D eigenvalue weighted by atomic mass is 32.2. The molecule has 0 radical (unpaired) electrons. The van der Waals surface area contributed by atoms with Crippen LogP contribution in [0.3, 0.4) is 0 Å². The van der Waals surface area contributed by atoms with Gasteiger partial charge in [-0.2, -0.15) is 58.8 Å². The van der Waals surface area contributed by atoms with Crippen LogP contribution in [0, 0.1) is 0 Å². The van der Waals surface area contributed by atoms with Gasteiger partial charge < -0.3 is 0 Å². The molecule has 0 saturated heterocycles. The van der Waals surface area contributed by atoms with Gasteiger partial charge in [0.1, 0.15) is 0 Å². The molecule has 0 aromatic rings. The van der Waals surface area contributed by atoms with Gasteiger partial charge in [-0.05, 0) is 12.5 Å². The van der Waals surface area contributed by atoms with E-state index in [4.69, 9.17) is 0 Å². The van der Waals surface area contributed by atoms with Crippen molar-refractivity contribution in [3.63, 3.8) is 0 Å². The lowest BCUT2D eigenvalue weighted by atomic mass is 10.5. The maximum atomic E-state index is 3.77. The van der Waals surface area contributed by atoms with Gasteiger partial charge in [0.25, 0.3) is 0 Å². The van der Waals surface area contributed by atoms with Crippen molar-refractivity contribution in [1.29, 1.82) is 0 Å². The molecule has 5 heteroatoms. The lowest BCUT2D eigenvalue weighted by molar-refractivity contribution is 1.12. The monoisotopic (exact) mass is 354 g/mol. The Morgan fingerprint density at radius 3 is 1.42 bits per heavy atom. The molecule has 0 spiro atoms. The molecule has 19 heavy (non-hydrogen) atoms. The smallest absolute Gasteiger partial charge is 0.0226 e. The minimum atomic E-state index is 0.776. The van der Waals surface area contributed by atoms with Gasteiger partial charge in [0.2, 0.25) is 0 Å². The Morgan fingerprint density at radius 2 is 1.11 bits per heavy atom. The van der Waals surface area contributed by atoms with E-state index in [9.17, 15) is 0 Å². The summed E-state index contributed by atoms with van der Waals surface area (Å²) in [6.45, 7) is 7.54. The summed E-state index contributed by atoms with van der Waals surface area (Å²) in [4.78, 5) is 0. The van der Waals surface area contributed by atoms with Gasteiger partial charge in [0.15, 0.2) is 0 Å². The van der Waals surface area contributed by atoms with Crippen molar-refractivity contribution in [2.24, 2.45) is 0 Å². The molecule has 0 aliphatic rings. The minimum Gasteiger partial charge on any atom is -0.160 e. The maximum absolute atomic E-state index is 3.77. The van der Waals surface area contributed by atoms with Crippen molar-refractivity contribution in [2.75, 3.05) is 47.0 Å². The van der Waals surface area contributed by atoms with Gasteiger partial charge >= 0.3 is 0 Å². The highest BCUT2D eigenvalue weighted by Crippen LogP contribution is 2.23. The second kappa shape index (κ2) is 15.6. The lowest BCUT2D eigenvalue weighted by Crippen LogP contribution is -2.14. The van der Waals surface area contributed by atoms with E-state index in [1.807, 2.05) is 59.2 Å². The third-order valence-electron chi connectivity index (χ3n) is 2.35. The summed E-state index contributed by atoms with van der Waals surface area (Å²) in [5.74, 6) is 7.19. The molecule has 112 valence electrons. The summed E-state index contributed by atoms with van der Waals surface area (Å²) in [5.41, 5.74) is 0. The number of hydrogen-bond acceptors (Lipinski definition) is 5. The number of hydrogen-bond donors (Lipinski definition) is 0. The average Bonchev–Trinajstić information content (AvgIpc) is 2.44. The molecule has 0 nitrogen and oxygen atoms in total. The third-order valence-corrected chi connectivity index (χ3v) is 8.69. The first-order chi connectivity index (χ1) is 9.28. The van der Waals surface area contributed by atoms with Crippen molar-refractivity contribution in [1.82, 2.24) is 0 Å². The van der Waals surface area contributed by atoms with Crippen LogP contribution in [0.4, 0.5) is 0 Å². The lowest BCUT2D eigenvalue weighted by Gasteiger charge is -2.16. The largest absolute Gasteiger partial charge is 0.160 e. The normalized spacial score (nSPS) is 14.0. The first-order valence-electron chi connectivity index (χ1n) is 6.29.